The quantitative estimate of drug-likeness (QED) is 0.301. The number of amides is 2. The first-order valence-corrected chi connectivity index (χ1v) is 14.3. The van der Waals surface area contributed by atoms with Gasteiger partial charge in [0.05, 0.1) is 39.3 Å². The molecule has 0 spiro atoms. The standard InChI is InChI=1S/C31H37FN2O10/c1-17(30(37)38)8-26(35)33-13-19-10-23(41-3)24(11-20(19)14-33)43-6-5-7-44-25-12-21-15-34(27(36)9-18(2)31(39)40)16-22(21)28(32)29(25)42-4/h10-12,17-18H,5-9,13-16H2,1-4H3,(H,37,38)(H,39,40). The molecule has 0 fully saturated rings. The van der Waals surface area contributed by atoms with Gasteiger partial charge in [-0.25, -0.2) is 4.39 Å². The molecule has 2 aliphatic rings. The fourth-order valence-corrected chi connectivity index (χ4v) is 5.17. The number of nitrogens with zero attached hydrogens (tertiary/aromatic N) is 2. The van der Waals surface area contributed by atoms with Crippen LogP contribution in [0, 0.1) is 17.7 Å². The number of carboxylic acid groups (broad SMARTS) is 2. The third-order valence-electron chi connectivity index (χ3n) is 7.82. The molecule has 2 heterocycles. The van der Waals surface area contributed by atoms with E-state index in [1.807, 2.05) is 12.1 Å². The molecule has 13 heteroatoms. The van der Waals surface area contributed by atoms with Crippen LogP contribution >= 0.6 is 0 Å². The van der Waals surface area contributed by atoms with E-state index in [0.29, 0.717) is 42.1 Å². The number of aliphatic carboxylic acids is 2. The van der Waals surface area contributed by atoms with Gasteiger partial charge in [0, 0.05) is 51.0 Å². The molecule has 2 aliphatic heterocycles. The summed E-state index contributed by atoms with van der Waals surface area (Å²) in [5.74, 6) is -3.83. The van der Waals surface area contributed by atoms with Crippen molar-refractivity contribution in [3.8, 4) is 23.0 Å². The monoisotopic (exact) mass is 616 g/mol. The molecular formula is C31H37FN2O10. The maximum Gasteiger partial charge on any atom is 0.306 e. The second kappa shape index (κ2) is 13.8. The van der Waals surface area contributed by atoms with Gasteiger partial charge in [-0.2, -0.15) is 0 Å². The van der Waals surface area contributed by atoms with Crippen molar-refractivity contribution in [2.24, 2.45) is 11.8 Å². The lowest BCUT2D eigenvalue weighted by Crippen LogP contribution is -2.28. The Balaban J connectivity index is 1.33. The molecule has 2 amide bonds. The summed E-state index contributed by atoms with van der Waals surface area (Å²) in [4.78, 5) is 50.4. The average Bonchev–Trinajstić information content (AvgIpc) is 3.61. The Morgan fingerprint density at radius 2 is 1.23 bits per heavy atom. The lowest BCUT2D eigenvalue weighted by molar-refractivity contribution is -0.145. The largest absolute Gasteiger partial charge is 0.493 e. The normalized spacial score (nSPS) is 14.8. The minimum absolute atomic E-state index is 0.0206. The number of methoxy groups -OCH3 is 2. The van der Waals surface area contributed by atoms with E-state index >= 15 is 4.39 Å². The second-order valence-corrected chi connectivity index (χ2v) is 11.1. The first kappa shape index (κ1) is 32.4. The molecule has 0 aliphatic carbocycles. The number of carbonyl (C=O) groups is 4. The molecular weight excluding hydrogens is 579 g/mol. The van der Waals surface area contributed by atoms with Crippen molar-refractivity contribution in [3.05, 3.63) is 46.3 Å². The molecule has 12 nitrogen and oxygen atoms in total. The van der Waals surface area contributed by atoms with E-state index in [1.165, 1.54) is 33.0 Å². The van der Waals surface area contributed by atoms with Crippen LogP contribution in [0.2, 0.25) is 0 Å². The number of ether oxygens (including phenoxy) is 4. The number of hydrogen-bond acceptors (Lipinski definition) is 8. The fraction of sp³-hybridized carbons (Fsp3) is 0.484. The van der Waals surface area contributed by atoms with Gasteiger partial charge in [-0.15, -0.1) is 0 Å². The van der Waals surface area contributed by atoms with Gasteiger partial charge in [0.15, 0.2) is 28.8 Å². The van der Waals surface area contributed by atoms with Gasteiger partial charge in [-0.05, 0) is 34.9 Å². The van der Waals surface area contributed by atoms with E-state index in [4.69, 9.17) is 29.2 Å². The summed E-state index contributed by atoms with van der Waals surface area (Å²) in [5, 5.41) is 18.2. The summed E-state index contributed by atoms with van der Waals surface area (Å²) in [6.45, 7) is 4.23. The number of hydrogen-bond donors (Lipinski definition) is 2. The van der Waals surface area contributed by atoms with E-state index in [1.54, 1.807) is 11.0 Å². The number of fused-ring (bicyclic) bond motifs is 2. The Bertz CT molecular complexity index is 1450. The highest BCUT2D eigenvalue weighted by Gasteiger charge is 2.32. The summed E-state index contributed by atoms with van der Waals surface area (Å²) in [7, 11) is 2.84. The molecule has 2 unspecified atom stereocenters. The molecule has 0 bridgehead atoms. The lowest BCUT2D eigenvalue weighted by Gasteiger charge is -2.16. The maximum atomic E-state index is 15.3. The molecule has 2 aromatic carbocycles. The zero-order chi connectivity index (χ0) is 32.1. The average molecular weight is 617 g/mol. The first-order valence-electron chi connectivity index (χ1n) is 14.3. The highest BCUT2D eigenvalue weighted by molar-refractivity contribution is 5.83. The maximum absolute atomic E-state index is 15.3. The van der Waals surface area contributed by atoms with Crippen LogP contribution in [0.5, 0.6) is 23.0 Å². The molecule has 0 radical (unpaired) electrons. The molecule has 4 rings (SSSR count). The molecule has 0 saturated heterocycles. The first-order chi connectivity index (χ1) is 20.9. The topological polar surface area (TPSA) is 152 Å². The highest BCUT2D eigenvalue weighted by atomic mass is 19.1. The van der Waals surface area contributed by atoms with E-state index in [0.717, 1.165) is 11.1 Å². The van der Waals surface area contributed by atoms with E-state index in [9.17, 15) is 19.2 Å². The summed E-state index contributed by atoms with van der Waals surface area (Å²) in [5.41, 5.74) is 2.67. The summed E-state index contributed by atoms with van der Waals surface area (Å²) in [6.07, 6.45) is 0.172. The predicted molar refractivity (Wildman–Crippen MR) is 153 cm³/mol. The van der Waals surface area contributed by atoms with Crippen molar-refractivity contribution in [2.45, 2.75) is 59.3 Å². The molecule has 238 valence electrons. The van der Waals surface area contributed by atoms with Crippen LogP contribution in [-0.2, 0) is 45.4 Å². The fourth-order valence-electron chi connectivity index (χ4n) is 5.17. The van der Waals surface area contributed by atoms with Gasteiger partial charge in [0.2, 0.25) is 11.8 Å². The van der Waals surface area contributed by atoms with Crippen LogP contribution in [0.15, 0.2) is 18.2 Å². The molecule has 2 atom stereocenters. The number of rotatable bonds is 14. The summed E-state index contributed by atoms with van der Waals surface area (Å²) >= 11 is 0. The van der Waals surface area contributed by atoms with Crippen LogP contribution in [0.4, 0.5) is 4.39 Å². The minimum atomic E-state index is -1.07. The van der Waals surface area contributed by atoms with Gasteiger partial charge in [0.25, 0.3) is 0 Å². The van der Waals surface area contributed by atoms with E-state index in [-0.39, 0.29) is 62.5 Å². The van der Waals surface area contributed by atoms with Gasteiger partial charge in [0.1, 0.15) is 0 Å². The zero-order valence-electron chi connectivity index (χ0n) is 25.2. The third kappa shape index (κ3) is 7.14. The van der Waals surface area contributed by atoms with Gasteiger partial charge in [-0.1, -0.05) is 13.8 Å². The molecule has 2 aromatic rings. The van der Waals surface area contributed by atoms with E-state index < -0.39 is 29.6 Å². The Labute approximate surface area is 254 Å². The van der Waals surface area contributed by atoms with Crippen LogP contribution in [0.1, 0.15) is 55.4 Å². The number of carboxylic acids is 2. The Hall–Kier alpha value is -4.55. The van der Waals surface area contributed by atoms with Crippen LogP contribution in [0.25, 0.3) is 0 Å². The lowest BCUT2D eigenvalue weighted by atomic mass is 10.1. The van der Waals surface area contributed by atoms with Crippen molar-refractivity contribution in [2.75, 3.05) is 27.4 Å². The Morgan fingerprint density at radius 3 is 1.75 bits per heavy atom. The van der Waals surface area contributed by atoms with Gasteiger partial charge >= 0.3 is 11.9 Å². The van der Waals surface area contributed by atoms with Crippen LogP contribution in [-0.4, -0.2) is 71.2 Å². The molecule has 2 N–H and O–H groups in total. The van der Waals surface area contributed by atoms with Crippen molar-refractivity contribution >= 4 is 23.8 Å². The van der Waals surface area contributed by atoms with Crippen molar-refractivity contribution in [3.63, 3.8) is 0 Å². The van der Waals surface area contributed by atoms with Crippen LogP contribution in [0.3, 0.4) is 0 Å². The number of carbonyl (C=O) groups excluding carboxylic acids is 2. The third-order valence-corrected chi connectivity index (χ3v) is 7.82. The number of benzene rings is 2. The predicted octanol–water partition coefficient (Wildman–Crippen LogP) is 3.60. The number of halogens is 1. The van der Waals surface area contributed by atoms with Crippen molar-refractivity contribution in [1.82, 2.24) is 9.80 Å². The molecule has 0 aromatic heterocycles. The van der Waals surface area contributed by atoms with Gasteiger partial charge in [-0.3, -0.25) is 19.2 Å². The van der Waals surface area contributed by atoms with E-state index in [2.05, 4.69) is 0 Å². The second-order valence-electron chi connectivity index (χ2n) is 11.1. The zero-order valence-corrected chi connectivity index (χ0v) is 25.2. The van der Waals surface area contributed by atoms with Crippen molar-refractivity contribution in [1.29, 1.82) is 0 Å². The Morgan fingerprint density at radius 1 is 0.750 bits per heavy atom. The summed E-state index contributed by atoms with van der Waals surface area (Å²) in [6, 6.07) is 5.26. The molecule has 0 saturated carbocycles. The smallest absolute Gasteiger partial charge is 0.306 e. The van der Waals surface area contributed by atoms with Crippen LogP contribution < -0.4 is 18.9 Å². The van der Waals surface area contributed by atoms with Gasteiger partial charge < -0.3 is 39.0 Å². The minimum Gasteiger partial charge on any atom is -0.493 e. The van der Waals surface area contributed by atoms with Crippen molar-refractivity contribution < 1.29 is 52.7 Å². The highest BCUT2D eigenvalue weighted by Crippen LogP contribution is 2.39. The Kier molecular flexibility index (Phi) is 10.2. The summed E-state index contributed by atoms with van der Waals surface area (Å²) < 4.78 is 37.8. The molecule has 44 heavy (non-hydrogen) atoms. The SMILES string of the molecule is COc1cc2c(cc1OCCCOc1cc3c(c(F)c1OC)CN(C(=O)CC(C)C(=O)O)C3)CN(C(=O)CC(C)C(=O)O)C2.